The second-order valence-corrected chi connectivity index (χ2v) is 6.68. The quantitative estimate of drug-likeness (QED) is 0.565. The van der Waals surface area contributed by atoms with Gasteiger partial charge in [0.2, 0.25) is 0 Å². The van der Waals surface area contributed by atoms with Crippen LogP contribution < -0.4 is 5.32 Å². The van der Waals surface area contributed by atoms with Crippen LogP contribution in [0.15, 0.2) is 49.1 Å². The molecule has 4 atom stereocenters. The third-order valence-corrected chi connectivity index (χ3v) is 4.97. The summed E-state index contributed by atoms with van der Waals surface area (Å²) < 4.78 is 10.3. The average Bonchev–Trinajstić information content (AvgIpc) is 2.74. The van der Waals surface area contributed by atoms with Crippen LogP contribution in [-0.4, -0.2) is 40.9 Å². The van der Waals surface area contributed by atoms with E-state index in [9.17, 15) is 14.4 Å². The Kier molecular flexibility index (Phi) is 6.66. The number of quaternary nitrogens is 1. The van der Waals surface area contributed by atoms with Gasteiger partial charge >= 0.3 is 11.9 Å². The van der Waals surface area contributed by atoms with Gasteiger partial charge in [-0.1, -0.05) is 0 Å². The molecule has 1 aliphatic rings. The van der Waals surface area contributed by atoms with Crippen molar-refractivity contribution in [3.8, 4) is 0 Å². The molecule has 0 spiro atoms. The van der Waals surface area contributed by atoms with Crippen molar-refractivity contribution in [2.45, 2.75) is 25.9 Å². The lowest BCUT2D eigenvalue weighted by Gasteiger charge is -2.36. The van der Waals surface area contributed by atoms with Crippen molar-refractivity contribution in [2.24, 2.45) is 11.8 Å². The predicted molar refractivity (Wildman–Crippen MR) is 101 cm³/mol. The predicted octanol–water partition coefficient (Wildman–Crippen LogP) is 0.764. The number of ether oxygens (including phenoxy) is 2. The SMILES string of the molecule is CCOC(=O)[C@@H]1C(=O)[C@@H](C(=O)OCC)[C@H](c2cccnc2)[NH2+][C@@H]1c1cccnc1. The standard InChI is InChI=1S/C21H23N3O5/c1-3-28-20(26)15-17(13-7-5-9-22-11-13)24-18(14-8-6-10-23-12-14)16(19(15)25)21(27)29-4-2/h5-12,15-18,24H,3-4H2,1-2H3/p+1/t15-,16-,17-,18+/m0/s1. The molecule has 1 aliphatic heterocycles. The van der Waals surface area contributed by atoms with Gasteiger partial charge in [-0.25, -0.2) is 0 Å². The molecule has 8 nitrogen and oxygen atoms in total. The van der Waals surface area contributed by atoms with E-state index in [1.165, 1.54) is 0 Å². The van der Waals surface area contributed by atoms with Crippen molar-refractivity contribution in [1.82, 2.24) is 9.97 Å². The molecule has 2 aromatic heterocycles. The number of carbonyl (C=O) groups excluding carboxylic acids is 3. The summed E-state index contributed by atoms with van der Waals surface area (Å²) in [6.07, 6.45) is 6.47. The van der Waals surface area contributed by atoms with Gasteiger partial charge in [-0.2, -0.15) is 0 Å². The van der Waals surface area contributed by atoms with Gasteiger partial charge in [0.25, 0.3) is 0 Å². The molecule has 0 aromatic carbocycles. The molecule has 3 rings (SSSR count). The molecule has 152 valence electrons. The van der Waals surface area contributed by atoms with E-state index in [0.717, 1.165) is 0 Å². The van der Waals surface area contributed by atoms with Crippen LogP contribution in [0.4, 0.5) is 0 Å². The smallest absolute Gasteiger partial charge is 0.323 e. The third-order valence-electron chi connectivity index (χ3n) is 4.97. The van der Waals surface area contributed by atoms with Crippen molar-refractivity contribution < 1.29 is 29.2 Å². The highest BCUT2D eigenvalue weighted by Crippen LogP contribution is 2.34. The van der Waals surface area contributed by atoms with Crippen LogP contribution in [0.2, 0.25) is 0 Å². The molecule has 0 amide bonds. The highest BCUT2D eigenvalue weighted by molar-refractivity contribution is 6.09. The number of nitrogens with zero attached hydrogens (tertiary/aromatic N) is 2. The number of hydrogen-bond acceptors (Lipinski definition) is 7. The lowest BCUT2D eigenvalue weighted by atomic mass is 9.75. The number of esters is 2. The number of rotatable bonds is 6. The van der Waals surface area contributed by atoms with Crippen molar-refractivity contribution in [1.29, 1.82) is 0 Å². The first-order chi connectivity index (χ1) is 14.1. The third kappa shape index (κ3) is 4.32. The Morgan fingerprint density at radius 2 is 1.34 bits per heavy atom. The minimum Gasteiger partial charge on any atom is -0.465 e. The van der Waals surface area contributed by atoms with Crippen LogP contribution in [0.25, 0.3) is 0 Å². The van der Waals surface area contributed by atoms with Crippen LogP contribution in [0, 0.1) is 11.8 Å². The molecule has 0 aliphatic carbocycles. The number of hydrogen-bond donors (Lipinski definition) is 1. The van der Waals surface area contributed by atoms with E-state index in [1.807, 2.05) is 5.32 Å². The second kappa shape index (κ2) is 9.38. The fourth-order valence-electron chi connectivity index (χ4n) is 3.74. The van der Waals surface area contributed by atoms with E-state index < -0.39 is 41.6 Å². The van der Waals surface area contributed by atoms with Crippen LogP contribution in [0.5, 0.6) is 0 Å². The van der Waals surface area contributed by atoms with Gasteiger partial charge in [0, 0.05) is 35.9 Å². The Balaban J connectivity index is 2.08. The summed E-state index contributed by atoms with van der Waals surface area (Å²) in [7, 11) is 0. The molecule has 0 unspecified atom stereocenters. The number of pyridine rings is 2. The van der Waals surface area contributed by atoms with Crippen LogP contribution in [0.3, 0.4) is 0 Å². The maximum atomic E-state index is 13.5. The van der Waals surface area contributed by atoms with E-state index in [2.05, 4.69) is 9.97 Å². The van der Waals surface area contributed by atoms with Crippen molar-refractivity contribution in [3.63, 3.8) is 0 Å². The first-order valence-electron chi connectivity index (χ1n) is 9.60. The fourth-order valence-corrected chi connectivity index (χ4v) is 3.74. The van der Waals surface area contributed by atoms with Crippen LogP contribution in [0.1, 0.15) is 37.1 Å². The Morgan fingerprint density at radius 3 is 1.69 bits per heavy atom. The van der Waals surface area contributed by atoms with E-state index >= 15 is 0 Å². The summed E-state index contributed by atoms with van der Waals surface area (Å²) in [4.78, 5) is 47.1. The van der Waals surface area contributed by atoms with Gasteiger partial charge < -0.3 is 14.8 Å². The van der Waals surface area contributed by atoms with Gasteiger partial charge in [-0.3, -0.25) is 24.4 Å². The Bertz CT molecular complexity index is 790. The molecule has 29 heavy (non-hydrogen) atoms. The first-order valence-corrected chi connectivity index (χ1v) is 9.60. The number of Topliss-reactive ketones (excluding diaryl/α,β-unsaturated/α-hetero) is 1. The first kappa shape index (κ1) is 20.6. The topological polar surface area (TPSA) is 112 Å². The number of nitrogens with two attached hydrogens (primary N) is 1. The summed E-state index contributed by atoms with van der Waals surface area (Å²) in [6, 6.07) is 5.94. The Hall–Kier alpha value is -3.13. The zero-order chi connectivity index (χ0) is 20.8. The highest BCUT2D eigenvalue weighted by atomic mass is 16.5. The molecule has 2 aromatic rings. The van der Waals surface area contributed by atoms with Gasteiger partial charge in [-0.05, 0) is 38.1 Å². The van der Waals surface area contributed by atoms with Gasteiger partial charge in [0.15, 0.2) is 17.6 Å². The largest absolute Gasteiger partial charge is 0.465 e. The summed E-state index contributed by atoms with van der Waals surface area (Å²) in [5.41, 5.74) is 1.41. The van der Waals surface area contributed by atoms with E-state index in [-0.39, 0.29) is 13.2 Å². The number of ketones is 1. The lowest BCUT2D eigenvalue weighted by Crippen LogP contribution is -2.93. The summed E-state index contributed by atoms with van der Waals surface area (Å²) in [5.74, 6) is -4.09. The monoisotopic (exact) mass is 398 g/mol. The molecule has 1 saturated heterocycles. The van der Waals surface area contributed by atoms with E-state index in [4.69, 9.17) is 9.47 Å². The summed E-state index contributed by atoms with van der Waals surface area (Å²) in [5, 5.41) is 1.85. The Morgan fingerprint density at radius 1 is 0.897 bits per heavy atom. The molecule has 1 fully saturated rings. The molecule has 3 heterocycles. The normalized spacial score (nSPS) is 24.0. The van der Waals surface area contributed by atoms with Crippen molar-refractivity contribution in [3.05, 3.63) is 60.2 Å². The van der Waals surface area contributed by atoms with Gasteiger partial charge in [-0.15, -0.1) is 0 Å². The zero-order valence-electron chi connectivity index (χ0n) is 16.4. The fraction of sp³-hybridized carbons (Fsp3) is 0.381. The zero-order valence-corrected chi connectivity index (χ0v) is 16.4. The maximum Gasteiger partial charge on any atom is 0.323 e. The van der Waals surface area contributed by atoms with E-state index in [0.29, 0.717) is 11.1 Å². The van der Waals surface area contributed by atoms with Crippen LogP contribution >= 0.6 is 0 Å². The summed E-state index contributed by atoms with van der Waals surface area (Å²) >= 11 is 0. The maximum absolute atomic E-state index is 13.5. The molecule has 0 saturated carbocycles. The minimum atomic E-state index is -1.14. The van der Waals surface area contributed by atoms with Crippen molar-refractivity contribution in [2.75, 3.05) is 13.2 Å². The molecular weight excluding hydrogens is 374 g/mol. The van der Waals surface area contributed by atoms with Crippen molar-refractivity contribution >= 4 is 17.7 Å². The number of aromatic nitrogens is 2. The number of carbonyl (C=O) groups is 3. The molecule has 0 bridgehead atoms. The lowest BCUT2D eigenvalue weighted by molar-refractivity contribution is -0.745. The van der Waals surface area contributed by atoms with Crippen LogP contribution in [-0.2, 0) is 23.9 Å². The molecule has 2 N–H and O–H groups in total. The van der Waals surface area contributed by atoms with E-state index in [1.54, 1.807) is 62.9 Å². The summed E-state index contributed by atoms with van der Waals surface area (Å²) in [6.45, 7) is 3.63. The Labute approximate surface area is 168 Å². The highest BCUT2D eigenvalue weighted by Gasteiger charge is 2.55. The molecular formula is C21H24N3O5+. The van der Waals surface area contributed by atoms with Gasteiger partial charge in [0.05, 0.1) is 13.2 Å². The average molecular weight is 398 g/mol. The minimum absolute atomic E-state index is 0.137. The van der Waals surface area contributed by atoms with Gasteiger partial charge in [0.1, 0.15) is 12.1 Å². The number of piperidine rings is 1. The second-order valence-electron chi connectivity index (χ2n) is 6.68. The molecule has 8 heteroatoms. The molecule has 0 radical (unpaired) electrons.